The first kappa shape index (κ1) is 19.4. The van der Waals surface area contributed by atoms with Crippen LogP contribution < -0.4 is 19.5 Å². The quantitative estimate of drug-likeness (QED) is 0.811. The minimum absolute atomic E-state index is 0.106. The summed E-state index contributed by atoms with van der Waals surface area (Å²) in [6, 6.07) is 10.8. The molecule has 140 valence electrons. The minimum Gasteiger partial charge on any atom is -0.497 e. The molecule has 0 fully saturated rings. The van der Waals surface area contributed by atoms with E-state index in [9.17, 15) is 18.0 Å². The van der Waals surface area contributed by atoms with Gasteiger partial charge in [-0.2, -0.15) is 13.2 Å². The topological polar surface area (TPSA) is 56.8 Å². The van der Waals surface area contributed by atoms with E-state index in [-0.39, 0.29) is 18.2 Å². The van der Waals surface area contributed by atoms with E-state index in [1.165, 1.54) is 26.4 Å². The van der Waals surface area contributed by atoms with Gasteiger partial charge in [-0.1, -0.05) is 12.1 Å². The summed E-state index contributed by atoms with van der Waals surface area (Å²) in [5.74, 6) is 0.696. The van der Waals surface area contributed by atoms with Gasteiger partial charge in [0.15, 0.2) is 6.61 Å². The molecule has 0 saturated carbocycles. The lowest BCUT2D eigenvalue weighted by atomic mass is 10.1. The predicted molar refractivity (Wildman–Crippen MR) is 88.7 cm³/mol. The molecular weight excluding hydrogens is 351 g/mol. The zero-order valence-electron chi connectivity index (χ0n) is 14.2. The number of amides is 1. The van der Waals surface area contributed by atoms with Crippen LogP contribution >= 0.6 is 0 Å². The van der Waals surface area contributed by atoms with Crippen molar-refractivity contribution in [1.82, 2.24) is 5.32 Å². The molecule has 8 heteroatoms. The van der Waals surface area contributed by atoms with E-state index in [0.29, 0.717) is 22.6 Å². The first-order chi connectivity index (χ1) is 12.3. The molecule has 0 aliphatic carbocycles. The number of alkyl halides is 3. The van der Waals surface area contributed by atoms with E-state index >= 15 is 0 Å². The Labute approximate surface area is 148 Å². The molecule has 1 amide bonds. The van der Waals surface area contributed by atoms with Gasteiger partial charge in [0.25, 0.3) is 5.91 Å². The molecule has 0 heterocycles. The van der Waals surface area contributed by atoms with E-state index in [1.54, 1.807) is 30.3 Å². The highest BCUT2D eigenvalue weighted by Crippen LogP contribution is 2.24. The van der Waals surface area contributed by atoms with Crippen molar-refractivity contribution < 1.29 is 32.2 Å². The van der Waals surface area contributed by atoms with Crippen LogP contribution in [-0.2, 0) is 6.54 Å². The molecule has 0 aromatic heterocycles. The average molecular weight is 369 g/mol. The summed E-state index contributed by atoms with van der Waals surface area (Å²) in [6.45, 7) is -1.14. The third-order valence-corrected chi connectivity index (χ3v) is 3.43. The largest absolute Gasteiger partial charge is 0.497 e. The SMILES string of the molecule is COc1ccc(C(=O)NCc2ccc(OCC(F)(F)F)cc2)c(OC)c1. The van der Waals surface area contributed by atoms with Crippen molar-refractivity contribution in [1.29, 1.82) is 0 Å². The Kier molecular flexibility index (Phi) is 6.32. The molecule has 26 heavy (non-hydrogen) atoms. The summed E-state index contributed by atoms with van der Waals surface area (Å²) in [5.41, 5.74) is 1.06. The van der Waals surface area contributed by atoms with Crippen LogP contribution in [0.5, 0.6) is 17.2 Å². The molecule has 0 unspecified atom stereocenters. The van der Waals surface area contributed by atoms with Crippen LogP contribution in [0.2, 0.25) is 0 Å². The number of halogens is 3. The summed E-state index contributed by atoms with van der Waals surface area (Å²) in [4.78, 5) is 12.3. The van der Waals surface area contributed by atoms with E-state index in [1.807, 2.05) is 0 Å². The molecule has 2 aromatic rings. The highest BCUT2D eigenvalue weighted by Gasteiger charge is 2.28. The minimum atomic E-state index is -4.38. The van der Waals surface area contributed by atoms with E-state index in [2.05, 4.69) is 10.1 Å². The summed E-state index contributed by atoms with van der Waals surface area (Å²) in [7, 11) is 2.96. The number of carbonyl (C=O) groups is 1. The first-order valence-electron chi connectivity index (χ1n) is 7.61. The van der Waals surface area contributed by atoms with Crippen molar-refractivity contribution in [2.24, 2.45) is 0 Å². The van der Waals surface area contributed by atoms with Crippen LogP contribution in [-0.4, -0.2) is 32.9 Å². The molecular formula is C18H18F3NO4. The highest BCUT2D eigenvalue weighted by molar-refractivity contribution is 5.97. The summed E-state index contributed by atoms with van der Waals surface area (Å²) < 4.78 is 51.2. The van der Waals surface area contributed by atoms with Crippen LogP contribution in [0.15, 0.2) is 42.5 Å². The van der Waals surface area contributed by atoms with Crippen molar-refractivity contribution >= 4 is 5.91 Å². The van der Waals surface area contributed by atoms with Gasteiger partial charge in [0.05, 0.1) is 19.8 Å². The molecule has 0 aliphatic heterocycles. The van der Waals surface area contributed by atoms with Crippen LogP contribution in [0, 0.1) is 0 Å². The van der Waals surface area contributed by atoms with Gasteiger partial charge in [0.2, 0.25) is 0 Å². The molecule has 2 rings (SSSR count). The Bertz CT molecular complexity index is 745. The Morgan fingerprint density at radius 2 is 1.65 bits per heavy atom. The Morgan fingerprint density at radius 3 is 2.23 bits per heavy atom. The number of rotatable bonds is 7. The van der Waals surface area contributed by atoms with Crippen molar-refractivity contribution in [2.75, 3.05) is 20.8 Å². The molecule has 0 saturated heterocycles. The summed E-state index contributed by atoms with van der Waals surface area (Å²) in [6.07, 6.45) is -4.38. The van der Waals surface area contributed by atoms with Crippen LogP contribution in [0.3, 0.4) is 0 Å². The standard InChI is InChI=1S/C18H18F3NO4/c1-24-14-7-8-15(16(9-14)25-2)17(23)22-10-12-3-5-13(6-4-12)26-11-18(19,20)21/h3-9H,10-11H2,1-2H3,(H,22,23). The first-order valence-corrected chi connectivity index (χ1v) is 7.61. The van der Waals surface area contributed by atoms with Crippen LogP contribution in [0.4, 0.5) is 13.2 Å². The number of methoxy groups -OCH3 is 2. The Balaban J connectivity index is 1.95. The number of benzene rings is 2. The number of hydrogen-bond acceptors (Lipinski definition) is 4. The second kappa shape index (κ2) is 8.46. The zero-order valence-corrected chi connectivity index (χ0v) is 14.2. The maximum atomic E-state index is 12.3. The van der Waals surface area contributed by atoms with E-state index < -0.39 is 12.8 Å². The van der Waals surface area contributed by atoms with E-state index in [0.717, 1.165) is 0 Å². The number of hydrogen-bond donors (Lipinski definition) is 1. The average Bonchev–Trinajstić information content (AvgIpc) is 2.64. The van der Waals surface area contributed by atoms with Crippen molar-refractivity contribution in [3.63, 3.8) is 0 Å². The second-order valence-corrected chi connectivity index (χ2v) is 5.30. The lowest BCUT2D eigenvalue weighted by Gasteiger charge is -2.12. The lowest BCUT2D eigenvalue weighted by molar-refractivity contribution is -0.153. The van der Waals surface area contributed by atoms with Gasteiger partial charge in [0, 0.05) is 12.6 Å². The van der Waals surface area contributed by atoms with Gasteiger partial charge < -0.3 is 19.5 Å². The maximum Gasteiger partial charge on any atom is 0.422 e. The molecule has 2 aromatic carbocycles. The molecule has 0 radical (unpaired) electrons. The fraction of sp³-hybridized carbons (Fsp3) is 0.278. The molecule has 0 bridgehead atoms. The highest BCUT2D eigenvalue weighted by atomic mass is 19.4. The number of carbonyl (C=O) groups excluding carboxylic acids is 1. The maximum absolute atomic E-state index is 12.3. The number of ether oxygens (including phenoxy) is 3. The number of nitrogens with one attached hydrogen (secondary N) is 1. The van der Waals surface area contributed by atoms with E-state index in [4.69, 9.17) is 9.47 Å². The monoisotopic (exact) mass is 369 g/mol. The molecule has 5 nitrogen and oxygen atoms in total. The van der Waals surface area contributed by atoms with Gasteiger partial charge in [-0.25, -0.2) is 0 Å². The predicted octanol–water partition coefficient (Wildman–Crippen LogP) is 3.57. The third-order valence-electron chi connectivity index (χ3n) is 3.43. The van der Waals surface area contributed by atoms with Crippen LogP contribution in [0.1, 0.15) is 15.9 Å². The Hall–Kier alpha value is -2.90. The van der Waals surface area contributed by atoms with Gasteiger partial charge in [-0.15, -0.1) is 0 Å². The molecule has 0 atom stereocenters. The Morgan fingerprint density at radius 1 is 1.00 bits per heavy atom. The fourth-order valence-corrected chi connectivity index (χ4v) is 2.13. The van der Waals surface area contributed by atoms with Crippen molar-refractivity contribution in [3.05, 3.63) is 53.6 Å². The zero-order chi connectivity index (χ0) is 19.2. The molecule has 0 aliphatic rings. The lowest BCUT2D eigenvalue weighted by Crippen LogP contribution is -2.23. The van der Waals surface area contributed by atoms with Crippen molar-refractivity contribution in [3.8, 4) is 17.2 Å². The third kappa shape index (κ3) is 5.58. The summed E-state index contributed by atoms with van der Waals surface area (Å²) >= 11 is 0. The second-order valence-electron chi connectivity index (χ2n) is 5.30. The van der Waals surface area contributed by atoms with Gasteiger partial charge in [0.1, 0.15) is 17.2 Å². The van der Waals surface area contributed by atoms with Gasteiger partial charge >= 0.3 is 6.18 Å². The summed E-state index contributed by atoms with van der Waals surface area (Å²) in [5, 5.41) is 2.72. The fourth-order valence-electron chi connectivity index (χ4n) is 2.13. The molecule has 1 N–H and O–H groups in total. The van der Waals surface area contributed by atoms with Gasteiger partial charge in [-0.3, -0.25) is 4.79 Å². The smallest absolute Gasteiger partial charge is 0.422 e. The van der Waals surface area contributed by atoms with Crippen LogP contribution in [0.25, 0.3) is 0 Å². The van der Waals surface area contributed by atoms with Crippen molar-refractivity contribution in [2.45, 2.75) is 12.7 Å². The normalized spacial score (nSPS) is 11.0. The molecule has 0 spiro atoms. The van der Waals surface area contributed by atoms with Gasteiger partial charge in [-0.05, 0) is 29.8 Å².